The Balaban J connectivity index is 0.652. The van der Waals surface area contributed by atoms with Crippen LogP contribution in [0.1, 0.15) is 139 Å². The van der Waals surface area contributed by atoms with Gasteiger partial charge in [0, 0.05) is 99.0 Å². The van der Waals surface area contributed by atoms with Gasteiger partial charge < -0.3 is 36.2 Å². The number of ether oxygens (including phenoxy) is 1. The molecule has 0 unspecified atom stereocenters. The van der Waals surface area contributed by atoms with Crippen molar-refractivity contribution in [2.75, 3.05) is 69.1 Å². The lowest BCUT2D eigenvalue weighted by Crippen LogP contribution is -2.40. The molecule has 2 aliphatic rings. The van der Waals surface area contributed by atoms with Crippen LogP contribution in [0.3, 0.4) is 0 Å². The van der Waals surface area contributed by atoms with E-state index in [9.17, 15) is 37.2 Å². The van der Waals surface area contributed by atoms with Crippen molar-refractivity contribution in [2.24, 2.45) is 7.05 Å². The van der Waals surface area contributed by atoms with Crippen molar-refractivity contribution in [3.63, 3.8) is 0 Å². The number of methoxy groups -OCH3 is 1. The molecule has 4 aromatic heterocycles. The third kappa shape index (κ3) is 17.5. The first-order valence-corrected chi connectivity index (χ1v) is 33.8. The van der Waals surface area contributed by atoms with E-state index < -0.39 is 39.4 Å². The minimum absolute atomic E-state index is 0.0285. The van der Waals surface area contributed by atoms with E-state index in [1.54, 1.807) is 64.8 Å². The molecule has 7 aromatic rings. The number of thiazole rings is 1. The van der Waals surface area contributed by atoms with E-state index in [1.807, 2.05) is 17.0 Å². The number of unbranched alkanes of at least 4 members (excludes halogenated alkanes) is 8. The summed E-state index contributed by atoms with van der Waals surface area (Å²) in [4.78, 5) is 94.2. The molecule has 0 spiro atoms. The molecule has 2 fully saturated rings. The maximum atomic E-state index is 16.1. The monoisotopic (exact) mass is 1290 g/mol. The number of hydrogen-bond acceptors (Lipinski definition) is 16. The number of esters is 1. The molecule has 2 saturated heterocycles. The summed E-state index contributed by atoms with van der Waals surface area (Å²) >= 11 is 1.39. The van der Waals surface area contributed by atoms with Crippen LogP contribution in [0.15, 0.2) is 67.0 Å². The van der Waals surface area contributed by atoms with E-state index in [0.717, 1.165) is 68.3 Å². The molecule has 0 atom stereocenters. The number of fused-ring (bicyclic) bond motifs is 2. The molecule has 6 heterocycles. The Labute approximate surface area is 531 Å². The first kappa shape index (κ1) is 66.9. The number of halogens is 2. The number of benzene rings is 3. The molecule has 6 N–H and O–H groups in total. The van der Waals surface area contributed by atoms with E-state index in [2.05, 4.69) is 40.5 Å². The first-order valence-electron chi connectivity index (χ1n) is 31.3. The summed E-state index contributed by atoms with van der Waals surface area (Å²) in [7, 11) is -0.767. The molecule has 23 nitrogen and oxygen atoms in total. The van der Waals surface area contributed by atoms with E-state index in [-0.39, 0.29) is 85.0 Å². The van der Waals surface area contributed by atoms with Gasteiger partial charge in [-0.1, -0.05) is 70.1 Å². The molecule has 486 valence electrons. The lowest BCUT2D eigenvalue weighted by Gasteiger charge is -2.31. The van der Waals surface area contributed by atoms with Gasteiger partial charge in [0.25, 0.3) is 0 Å². The van der Waals surface area contributed by atoms with Crippen LogP contribution >= 0.6 is 11.3 Å². The molecule has 91 heavy (non-hydrogen) atoms. The van der Waals surface area contributed by atoms with Crippen LogP contribution in [0.4, 0.5) is 20.4 Å². The number of aryl methyl sites for hydroxylation is 1. The number of aromatic nitrogens is 7. The predicted octanol–water partition coefficient (Wildman–Crippen LogP) is 8.50. The van der Waals surface area contributed by atoms with Crippen LogP contribution < -0.4 is 26.4 Å². The van der Waals surface area contributed by atoms with Gasteiger partial charge in [0.05, 0.1) is 69.3 Å². The Morgan fingerprint density at radius 2 is 1.38 bits per heavy atom. The molecular weight excluding hydrogens is 1210 g/mol. The largest absolute Gasteiger partial charge is 0.468 e. The van der Waals surface area contributed by atoms with Crippen LogP contribution in [-0.4, -0.2) is 147 Å². The van der Waals surface area contributed by atoms with Crippen molar-refractivity contribution < 1.29 is 50.7 Å². The maximum absolute atomic E-state index is 16.1. The van der Waals surface area contributed by atoms with Gasteiger partial charge in [-0.15, -0.1) is 11.3 Å². The number of nitrogen functional groups attached to an aromatic ring is 1. The Kier molecular flexibility index (Phi) is 23.2. The van der Waals surface area contributed by atoms with Gasteiger partial charge in [-0.2, -0.15) is 10.2 Å². The van der Waals surface area contributed by atoms with Crippen molar-refractivity contribution >= 4 is 90.3 Å². The molecule has 0 aliphatic carbocycles. The fourth-order valence-corrected chi connectivity index (χ4v) is 14.2. The Hall–Kier alpha value is -8.46. The van der Waals surface area contributed by atoms with Gasteiger partial charge in [0.1, 0.15) is 18.9 Å². The van der Waals surface area contributed by atoms with E-state index >= 15 is 8.78 Å². The number of sulfonamides is 1. The average molecular weight is 1290 g/mol. The molecule has 2 aliphatic heterocycles. The average Bonchev–Trinajstić information content (AvgIpc) is 1.65. The Morgan fingerprint density at radius 1 is 0.725 bits per heavy atom. The second kappa shape index (κ2) is 31.5. The van der Waals surface area contributed by atoms with Crippen LogP contribution in [0, 0.1) is 11.6 Å². The highest BCUT2D eigenvalue weighted by atomic mass is 32.2. The lowest BCUT2D eigenvalue weighted by atomic mass is 9.88. The number of carbonyl (C=O) groups is 6. The molecule has 3 aromatic carbocycles. The smallest absolute Gasteiger partial charge is 0.325 e. The minimum atomic E-state index is -3.75. The summed E-state index contributed by atoms with van der Waals surface area (Å²) in [6.07, 6.45) is 15.6. The maximum Gasteiger partial charge on any atom is 0.325 e. The molecule has 27 heteroatoms. The van der Waals surface area contributed by atoms with Crippen LogP contribution in [0.2, 0.25) is 0 Å². The lowest BCUT2D eigenvalue weighted by molar-refractivity contribution is -0.141. The van der Waals surface area contributed by atoms with E-state index in [4.69, 9.17) is 15.8 Å². The number of nitrogens with zero attached hydrogens (tertiary/aromatic N) is 9. The highest BCUT2D eigenvalue weighted by Crippen LogP contribution is 2.44. The number of nitrogens with one attached hydrogen (secondary N) is 4. The van der Waals surface area contributed by atoms with Crippen LogP contribution in [0.5, 0.6) is 0 Å². The molecular formula is C64H80F2N14O9S2. The summed E-state index contributed by atoms with van der Waals surface area (Å²) < 4.78 is 67.3. The Morgan fingerprint density at radius 3 is 2.09 bits per heavy atom. The fourth-order valence-electron chi connectivity index (χ4n) is 11.9. The molecule has 5 amide bonds. The van der Waals surface area contributed by atoms with Crippen LogP contribution in [0.25, 0.3) is 54.8 Å². The zero-order valence-corrected chi connectivity index (χ0v) is 53.4. The normalized spacial score (nSPS) is 14.0. The summed E-state index contributed by atoms with van der Waals surface area (Å²) in [6, 6.07) is 14.8. The summed E-state index contributed by atoms with van der Waals surface area (Å²) in [5.41, 5.74) is 9.65. The minimum Gasteiger partial charge on any atom is -0.468 e. The van der Waals surface area contributed by atoms with Crippen molar-refractivity contribution in [3.8, 4) is 33.0 Å². The third-order valence-corrected chi connectivity index (χ3v) is 19.5. The topological polar surface area (TPSA) is 301 Å². The molecule has 0 saturated carbocycles. The number of likely N-dealkylation sites (tertiary alicyclic amines) is 2. The quantitative estimate of drug-likeness (QED) is 0.0208. The van der Waals surface area contributed by atoms with Gasteiger partial charge in [-0.05, 0) is 86.9 Å². The number of hydrogen-bond donors (Lipinski definition) is 5. The second-order valence-electron chi connectivity index (χ2n) is 23.2. The summed E-state index contributed by atoms with van der Waals surface area (Å²) in [6.45, 7) is 3.32. The number of amides is 5. The summed E-state index contributed by atoms with van der Waals surface area (Å²) in [5.74, 6) is -3.24. The van der Waals surface area contributed by atoms with Crippen molar-refractivity contribution in [1.82, 2.24) is 60.3 Å². The number of anilines is 2. The zero-order chi connectivity index (χ0) is 64.6. The third-order valence-electron chi connectivity index (χ3n) is 16.8. The van der Waals surface area contributed by atoms with Crippen molar-refractivity contribution in [2.45, 2.75) is 134 Å². The van der Waals surface area contributed by atoms with Crippen molar-refractivity contribution in [3.05, 3.63) is 89.3 Å². The number of carbonyl (C=O) groups excluding carboxylic acids is 6. The van der Waals surface area contributed by atoms with Crippen molar-refractivity contribution in [1.29, 1.82) is 0 Å². The summed E-state index contributed by atoms with van der Waals surface area (Å²) in [5, 5.41) is 19.3. The number of rotatable bonds is 30. The van der Waals surface area contributed by atoms with Gasteiger partial charge in [-0.3, -0.25) is 42.9 Å². The van der Waals surface area contributed by atoms with Crippen LogP contribution in [-0.2, 0) is 57.1 Å². The second-order valence-corrected chi connectivity index (χ2v) is 26.1. The van der Waals surface area contributed by atoms with E-state index in [0.29, 0.717) is 121 Å². The molecule has 0 radical (unpaired) electrons. The van der Waals surface area contributed by atoms with Gasteiger partial charge >= 0.3 is 5.97 Å². The predicted molar refractivity (Wildman–Crippen MR) is 344 cm³/mol. The molecule has 9 rings (SSSR count). The standard InChI is InChI=1S/C64H80F2N14O9S2/c1-4-34-91(87,88)76-48-18-14-17-45(59(48)66)61-62(49-23-29-69-64(67)73-49)90-63(74-61)42-26-32-78(33-27-42)55(84)20-12-10-8-6-5-7-9-11-13-28-68-52(81)21-22-56(85)79-30-24-41(25-31-79)60-58-44(46-36-51-43(35-47(46)65)37-72-77(51)2)16-15-19-50(58)80(75-60)40-54(83)70-38-53(82)71-39-57(86)89-3/h14-19,23,29,35-37,41-42,76H,4-13,20-22,24-28,30-34,38-40H2,1-3H3,(H,68,81)(H,70,83)(H,71,82)(H2,67,69,73). The highest BCUT2D eigenvalue weighted by molar-refractivity contribution is 7.92. The zero-order valence-electron chi connectivity index (χ0n) is 51.7. The highest BCUT2D eigenvalue weighted by Gasteiger charge is 2.32. The Bertz CT molecular complexity index is 3860. The number of piperidine rings is 2. The van der Waals surface area contributed by atoms with Gasteiger partial charge in [0.2, 0.25) is 45.5 Å². The number of nitrogens with two attached hydrogens (primary N) is 1. The first-order chi connectivity index (χ1) is 43.9. The molecule has 0 bridgehead atoms. The van der Waals surface area contributed by atoms with Gasteiger partial charge in [0.15, 0.2) is 5.82 Å². The van der Waals surface area contributed by atoms with E-state index in [1.165, 1.54) is 36.8 Å². The SMILES string of the molecule is CCCS(=O)(=O)Nc1cccc(-c2nc(C3CCN(C(=O)CCCCCCCCCCCNC(=O)CCC(=O)N4CCC(c5nn(CC(=O)NCC(=O)NCC(=O)OC)c6cccc(-c7cc8c(cnn8C)cc7F)c56)CC4)CC3)sc2-c2ccnc(N)n2)c1F. The van der Waals surface area contributed by atoms with Gasteiger partial charge in [-0.25, -0.2) is 32.2 Å². The fraction of sp³-hybridized carbons (Fsp3) is 0.484.